The number of benzene rings is 1. The average molecular weight is 344 g/mol. The number of anilines is 1. The SMILES string of the molecule is NNC(=O)CC(=O)N1CCN(c2ccc(C3CCCCC3)cc2)CC1. The first kappa shape index (κ1) is 17.7. The predicted molar refractivity (Wildman–Crippen MR) is 98.0 cm³/mol. The molecule has 1 aliphatic heterocycles. The average Bonchev–Trinajstić information content (AvgIpc) is 2.69. The molecule has 1 aliphatic carbocycles. The van der Waals surface area contributed by atoms with Crippen LogP contribution in [0, 0.1) is 0 Å². The van der Waals surface area contributed by atoms with Gasteiger partial charge in [-0.15, -0.1) is 0 Å². The molecule has 2 aliphatic rings. The summed E-state index contributed by atoms with van der Waals surface area (Å²) in [5, 5.41) is 0. The molecule has 0 aromatic heterocycles. The lowest BCUT2D eigenvalue weighted by Crippen LogP contribution is -2.49. The van der Waals surface area contributed by atoms with Gasteiger partial charge in [0.15, 0.2) is 0 Å². The number of nitrogens with one attached hydrogen (secondary N) is 1. The molecule has 0 atom stereocenters. The zero-order chi connectivity index (χ0) is 17.6. The van der Waals surface area contributed by atoms with Crippen molar-refractivity contribution in [3.63, 3.8) is 0 Å². The summed E-state index contributed by atoms with van der Waals surface area (Å²) in [4.78, 5) is 27.3. The van der Waals surface area contributed by atoms with Gasteiger partial charge < -0.3 is 9.80 Å². The maximum absolute atomic E-state index is 12.0. The first-order valence-corrected chi connectivity index (χ1v) is 9.29. The molecular weight excluding hydrogens is 316 g/mol. The smallest absolute Gasteiger partial charge is 0.243 e. The van der Waals surface area contributed by atoms with Crippen LogP contribution >= 0.6 is 0 Å². The van der Waals surface area contributed by atoms with Crippen molar-refractivity contribution in [2.45, 2.75) is 44.4 Å². The molecule has 3 rings (SSSR count). The van der Waals surface area contributed by atoms with Gasteiger partial charge in [0.05, 0.1) is 0 Å². The molecule has 2 fully saturated rings. The van der Waals surface area contributed by atoms with Gasteiger partial charge in [0, 0.05) is 31.9 Å². The molecule has 1 aromatic rings. The second-order valence-electron chi connectivity index (χ2n) is 7.04. The van der Waals surface area contributed by atoms with Crippen molar-refractivity contribution >= 4 is 17.5 Å². The van der Waals surface area contributed by atoms with Gasteiger partial charge in [0.1, 0.15) is 6.42 Å². The Hall–Kier alpha value is -2.08. The quantitative estimate of drug-likeness (QED) is 0.378. The summed E-state index contributed by atoms with van der Waals surface area (Å²) >= 11 is 0. The molecule has 2 amide bonds. The fourth-order valence-electron chi connectivity index (χ4n) is 3.91. The number of amides is 2. The topological polar surface area (TPSA) is 78.7 Å². The number of nitrogens with two attached hydrogens (primary N) is 1. The molecule has 25 heavy (non-hydrogen) atoms. The van der Waals surface area contributed by atoms with E-state index >= 15 is 0 Å². The van der Waals surface area contributed by atoms with Crippen molar-refractivity contribution in [3.8, 4) is 0 Å². The van der Waals surface area contributed by atoms with Crippen molar-refractivity contribution in [2.75, 3.05) is 31.1 Å². The van der Waals surface area contributed by atoms with Gasteiger partial charge in [-0.05, 0) is 36.5 Å². The number of carbonyl (C=O) groups excluding carboxylic acids is 2. The van der Waals surface area contributed by atoms with Crippen LogP contribution in [0.5, 0.6) is 0 Å². The monoisotopic (exact) mass is 344 g/mol. The van der Waals surface area contributed by atoms with Crippen LogP contribution in [-0.4, -0.2) is 42.9 Å². The Bertz CT molecular complexity index is 588. The summed E-state index contributed by atoms with van der Waals surface area (Å²) in [5.74, 6) is 5.17. The standard InChI is InChI=1S/C19H28N4O2/c20-21-18(24)14-19(25)23-12-10-22(11-13-23)17-8-6-16(7-9-17)15-4-2-1-3-5-15/h6-9,15H,1-5,10-14,20H2,(H,21,24). The van der Waals surface area contributed by atoms with Crippen LogP contribution in [0.25, 0.3) is 0 Å². The summed E-state index contributed by atoms with van der Waals surface area (Å²) in [6, 6.07) is 8.97. The van der Waals surface area contributed by atoms with Gasteiger partial charge in [-0.1, -0.05) is 31.4 Å². The Morgan fingerprint density at radius 1 is 1.00 bits per heavy atom. The number of piperazine rings is 1. The number of carbonyl (C=O) groups is 2. The number of rotatable bonds is 4. The minimum absolute atomic E-state index is 0.157. The van der Waals surface area contributed by atoms with Crippen molar-refractivity contribution in [2.24, 2.45) is 5.84 Å². The highest BCUT2D eigenvalue weighted by atomic mass is 16.2. The normalized spacial score (nSPS) is 18.9. The highest BCUT2D eigenvalue weighted by molar-refractivity contribution is 5.96. The van der Waals surface area contributed by atoms with E-state index in [1.54, 1.807) is 4.90 Å². The third-order valence-electron chi connectivity index (χ3n) is 5.44. The fourth-order valence-corrected chi connectivity index (χ4v) is 3.91. The van der Waals surface area contributed by atoms with Crippen molar-refractivity contribution in [1.29, 1.82) is 0 Å². The lowest BCUT2D eigenvalue weighted by Gasteiger charge is -2.36. The van der Waals surface area contributed by atoms with Crippen LogP contribution < -0.4 is 16.2 Å². The highest BCUT2D eigenvalue weighted by Crippen LogP contribution is 2.33. The minimum atomic E-state index is -0.439. The van der Waals surface area contributed by atoms with Crippen molar-refractivity contribution < 1.29 is 9.59 Å². The third kappa shape index (κ3) is 4.51. The highest BCUT2D eigenvalue weighted by Gasteiger charge is 2.23. The van der Waals surface area contributed by atoms with Crippen LogP contribution in [0.2, 0.25) is 0 Å². The zero-order valence-electron chi connectivity index (χ0n) is 14.7. The first-order chi connectivity index (χ1) is 12.2. The molecule has 1 aromatic carbocycles. The van der Waals surface area contributed by atoms with E-state index in [2.05, 4.69) is 29.2 Å². The molecule has 1 saturated carbocycles. The van der Waals surface area contributed by atoms with E-state index in [1.807, 2.05) is 5.43 Å². The van der Waals surface area contributed by atoms with Crippen LogP contribution in [0.15, 0.2) is 24.3 Å². The fraction of sp³-hybridized carbons (Fsp3) is 0.579. The molecular formula is C19H28N4O2. The van der Waals surface area contributed by atoms with Crippen LogP contribution in [0.4, 0.5) is 5.69 Å². The molecule has 0 spiro atoms. The molecule has 3 N–H and O–H groups in total. The second-order valence-corrected chi connectivity index (χ2v) is 7.04. The first-order valence-electron chi connectivity index (χ1n) is 9.29. The molecule has 1 heterocycles. The Morgan fingerprint density at radius 2 is 1.64 bits per heavy atom. The van der Waals surface area contributed by atoms with Gasteiger partial charge in [-0.3, -0.25) is 15.0 Å². The lowest BCUT2D eigenvalue weighted by atomic mass is 9.84. The van der Waals surface area contributed by atoms with E-state index in [0.29, 0.717) is 13.1 Å². The Labute approximate surface area is 149 Å². The van der Waals surface area contributed by atoms with E-state index in [-0.39, 0.29) is 12.3 Å². The largest absolute Gasteiger partial charge is 0.368 e. The van der Waals surface area contributed by atoms with E-state index < -0.39 is 5.91 Å². The van der Waals surface area contributed by atoms with Gasteiger partial charge >= 0.3 is 0 Å². The van der Waals surface area contributed by atoms with Crippen LogP contribution in [0.3, 0.4) is 0 Å². The number of hydrogen-bond donors (Lipinski definition) is 2. The van der Waals surface area contributed by atoms with E-state index in [9.17, 15) is 9.59 Å². The van der Waals surface area contributed by atoms with Gasteiger partial charge in [-0.25, -0.2) is 5.84 Å². The van der Waals surface area contributed by atoms with Crippen molar-refractivity contribution in [1.82, 2.24) is 10.3 Å². The van der Waals surface area contributed by atoms with E-state index in [0.717, 1.165) is 19.0 Å². The molecule has 0 radical (unpaired) electrons. The number of hydrazine groups is 1. The lowest BCUT2D eigenvalue weighted by molar-refractivity contribution is -0.136. The van der Waals surface area contributed by atoms with E-state index in [1.165, 1.54) is 43.4 Å². The summed E-state index contributed by atoms with van der Waals surface area (Å²) in [7, 11) is 0. The van der Waals surface area contributed by atoms with Crippen LogP contribution in [-0.2, 0) is 9.59 Å². The van der Waals surface area contributed by atoms with Crippen LogP contribution in [0.1, 0.15) is 50.0 Å². The Kier molecular flexibility index (Phi) is 5.91. The molecule has 6 nitrogen and oxygen atoms in total. The Balaban J connectivity index is 1.52. The van der Waals surface area contributed by atoms with Gasteiger partial charge in [0.25, 0.3) is 0 Å². The summed E-state index contributed by atoms with van der Waals surface area (Å²) in [6.45, 7) is 2.86. The maximum Gasteiger partial charge on any atom is 0.243 e. The number of hydrogen-bond acceptors (Lipinski definition) is 4. The molecule has 136 valence electrons. The zero-order valence-corrected chi connectivity index (χ0v) is 14.7. The Morgan fingerprint density at radius 3 is 2.24 bits per heavy atom. The third-order valence-corrected chi connectivity index (χ3v) is 5.44. The summed E-state index contributed by atoms with van der Waals surface area (Å²) < 4.78 is 0. The molecule has 6 heteroatoms. The maximum atomic E-state index is 12.0. The predicted octanol–water partition coefficient (Wildman–Crippen LogP) is 1.76. The van der Waals surface area contributed by atoms with Crippen molar-refractivity contribution in [3.05, 3.63) is 29.8 Å². The van der Waals surface area contributed by atoms with E-state index in [4.69, 9.17) is 5.84 Å². The molecule has 0 unspecified atom stereocenters. The summed E-state index contributed by atoms with van der Waals surface area (Å²) in [6.07, 6.45) is 6.54. The minimum Gasteiger partial charge on any atom is -0.368 e. The number of nitrogens with zero attached hydrogens (tertiary/aromatic N) is 2. The summed E-state index contributed by atoms with van der Waals surface area (Å²) in [5.41, 5.74) is 4.68. The van der Waals surface area contributed by atoms with Gasteiger partial charge in [0.2, 0.25) is 11.8 Å². The van der Waals surface area contributed by atoms with Gasteiger partial charge in [-0.2, -0.15) is 0 Å². The molecule has 0 bridgehead atoms. The second kappa shape index (κ2) is 8.34. The molecule has 1 saturated heterocycles.